The summed E-state index contributed by atoms with van der Waals surface area (Å²) in [6.45, 7) is 1.97. The molecule has 78 valence electrons. The van der Waals surface area contributed by atoms with E-state index in [1.54, 1.807) is 17.6 Å². The molecule has 1 aromatic heterocycles. The van der Waals surface area contributed by atoms with E-state index in [0.717, 1.165) is 15.4 Å². The van der Waals surface area contributed by atoms with Crippen LogP contribution < -0.4 is 5.32 Å². The zero-order chi connectivity index (χ0) is 10.8. The molecule has 0 radical (unpaired) electrons. The van der Waals surface area contributed by atoms with Gasteiger partial charge in [-0.15, -0.1) is 11.3 Å². The van der Waals surface area contributed by atoms with Crippen LogP contribution in [0.3, 0.4) is 0 Å². The molecule has 5 nitrogen and oxygen atoms in total. The second-order valence-corrected chi connectivity index (χ2v) is 4.07. The number of aryl methyl sites for hydroxylation is 1. The highest BCUT2D eigenvalue weighted by molar-refractivity contribution is 7.11. The number of amides is 3. The Morgan fingerprint density at radius 1 is 1.60 bits per heavy atom. The lowest BCUT2D eigenvalue weighted by Crippen LogP contribution is -2.24. The number of rotatable bonds is 2. The van der Waals surface area contributed by atoms with Crippen LogP contribution in [0.25, 0.3) is 0 Å². The summed E-state index contributed by atoms with van der Waals surface area (Å²) in [5, 5.41) is 9.16. The predicted octanol–water partition coefficient (Wildman–Crippen LogP) is 0.942. The van der Waals surface area contributed by atoms with E-state index in [1.165, 1.54) is 0 Å². The van der Waals surface area contributed by atoms with Gasteiger partial charge in [0.15, 0.2) is 0 Å². The first-order valence-electron chi connectivity index (χ1n) is 4.36. The summed E-state index contributed by atoms with van der Waals surface area (Å²) in [5.41, 5.74) is 1.11. The Hall–Kier alpha value is -1.69. The van der Waals surface area contributed by atoms with Crippen LogP contribution in [0.4, 0.5) is 4.79 Å². The van der Waals surface area contributed by atoms with Crippen LogP contribution in [0.15, 0.2) is 16.5 Å². The van der Waals surface area contributed by atoms with E-state index in [4.69, 9.17) is 0 Å². The molecule has 0 aliphatic carbocycles. The summed E-state index contributed by atoms with van der Waals surface area (Å²) in [6, 6.07) is 1.51. The molecule has 1 saturated heterocycles. The number of hydrogen-bond acceptors (Lipinski definition) is 4. The van der Waals surface area contributed by atoms with Gasteiger partial charge in [0.05, 0.1) is 6.21 Å². The maximum absolute atomic E-state index is 11.1. The van der Waals surface area contributed by atoms with Crippen molar-refractivity contribution < 1.29 is 9.59 Å². The number of hydrogen-bond donors (Lipinski definition) is 1. The van der Waals surface area contributed by atoms with E-state index < -0.39 is 6.03 Å². The first kappa shape index (κ1) is 9.85. The summed E-state index contributed by atoms with van der Waals surface area (Å²) < 4.78 is 0. The van der Waals surface area contributed by atoms with Crippen LogP contribution in [0.5, 0.6) is 0 Å². The minimum atomic E-state index is -0.467. The van der Waals surface area contributed by atoms with Crippen molar-refractivity contribution in [1.82, 2.24) is 10.3 Å². The number of urea groups is 1. The summed E-state index contributed by atoms with van der Waals surface area (Å²) >= 11 is 1.54. The molecule has 15 heavy (non-hydrogen) atoms. The van der Waals surface area contributed by atoms with E-state index >= 15 is 0 Å². The van der Waals surface area contributed by atoms with Crippen LogP contribution >= 0.6 is 11.3 Å². The first-order valence-corrected chi connectivity index (χ1v) is 5.24. The van der Waals surface area contributed by atoms with Crippen molar-refractivity contribution in [2.75, 3.05) is 6.54 Å². The van der Waals surface area contributed by atoms with Gasteiger partial charge in [-0.2, -0.15) is 5.10 Å². The zero-order valence-corrected chi connectivity index (χ0v) is 8.87. The average molecular weight is 223 g/mol. The van der Waals surface area contributed by atoms with Gasteiger partial charge in [-0.1, -0.05) is 0 Å². The number of hydrazone groups is 1. The van der Waals surface area contributed by atoms with Gasteiger partial charge in [0.2, 0.25) is 5.91 Å². The standard InChI is InChI=1S/C9H9N3O2S/c1-6-2-3-15-7(6)4-10-12-5-8(13)11-9(12)14/h2-4H,5H2,1H3,(H,11,13,14)/b10-4-. The average Bonchev–Trinajstić information content (AvgIpc) is 2.70. The topological polar surface area (TPSA) is 61.8 Å². The van der Waals surface area contributed by atoms with E-state index in [0.29, 0.717) is 0 Å². The molecule has 1 aliphatic rings. The first-order chi connectivity index (χ1) is 7.16. The van der Waals surface area contributed by atoms with Crippen LogP contribution in [-0.2, 0) is 4.79 Å². The van der Waals surface area contributed by atoms with Crippen LogP contribution in [0.1, 0.15) is 10.4 Å². The van der Waals surface area contributed by atoms with E-state index in [9.17, 15) is 9.59 Å². The third kappa shape index (κ3) is 2.04. The number of carbonyl (C=O) groups excluding carboxylic acids is 2. The number of thiophene rings is 1. The quantitative estimate of drug-likeness (QED) is 0.599. The third-order valence-corrected chi connectivity index (χ3v) is 2.94. The molecule has 2 heterocycles. The fourth-order valence-electron chi connectivity index (χ4n) is 1.16. The Bertz CT molecular complexity index is 438. The van der Waals surface area contributed by atoms with Gasteiger partial charge in [-0.05, 0) is 23.9 Å². The molecule has 0 aromatic carbocycles. The largest absolute Gasteiger partial charge is 0.344 e. The van der Waals surface area contributed by atoms with Crippen LogP contribution in [0.2, 0.25) is 0 Å². The van der Waals surface area contributed by atoms with Crippen LogP contribution in [-0.4, -0.2) is 29.7 Å². The molecular formula is C9H9N3O2S. The highest BCUT2D eigenvalue weighted by Gasteiger charge is 2.25. The third-order valence-electron chi connectivity index (χ3n) is 1.99. The summed E-state index contributed by atoms with van der Waals surface area (Å²) in [6.07, 6.45) is 1.60. The van der Waals surface area contributed by atoms with Crippen molar-refractivity contribution in [1.29, 1.82) is 0 Å². The Kier molecular flexibility index (Phi) is 2.51. The highest BCUT2D eigenvalue weighted by atomic mass is 32.1. The van der Waals surface area contributed by atoms with Gasteiger partial charge in [0.25, 0.3) is 0 Å². The van der Waals surface area contributed by atoms with Crippen molar-refractivity contribution in [3.05, 3.63) is 21.9 Å². The van der Waals surface area contributed by atoms with Crippen molar-refractivity contribution in [3.63, 3.8) is 0 Å². The summed E-state index contributed by atoms with van der Waals surface area (Å²) in [5.74, 6) is -0.319. The normalized spacial score (nSPS) is 16.5. The SMILES string of the molecule is Cc1ccsc1/C=N\N1CC(=O)NC1=O. The fraction of sp³-hybridized carbons (Fsp3) is 0.222. The molecule has 0 atom stereocenters. The Morgan fingerprint density at radius 2 is 2.40 bits per heavy atom. The Labute approximate surface area is 90.4 Å². The smallest absolute Gasteiger partial charge is 0.275 e. The fourth-order valence-corrected chi connectivity index (χ4v) is 1.94. The molecule has 6 heteroatoms. The second kappa shape index (κ2) is 3.82. The van der Waals surface area contributed by atoms with Gasteiger partial charge in [-0.25, -0.2) is 9.80 Å². The molecule has 0 saturated carbocycles. The van der Waals surface area contributed by atoms with E-state index in [-0.39, 0.29) is 12.5 Å². The predicted molar refractivity (Wildman–Crippen MR) is 56.9 cm³/mol. The van der Waals surface area contributed by atoms with Crippen molar-refractivity contribution in [2.24, 2.45) is 5.10 Å². The zero-order valence-electron chi connectivity index (χ0n) is 8.06. The molecule has 1 aliphatic heterocycles. The van der Waals surface area contributed by atoms with Gasteiger partial charge in [-0.3, -0.25) is 10.1 Å². The van der Waals surface area contributed by atoms with Crippen molar-refractivity contribution >= 4 is 29.5 Å². The van der Waals surface area contributed by atoms with Gasteiger partial charge in [0, 0.05) is 4.88 Å². The Morgan fingerprint density at radius 3 is 2.93 bits per heavy atom. The number of carbonyl (C=O) groups is 2. The molecular weight excluding hydrogens is 214 g/mol. The maximum atomic E-state index is 11.1. The van der Waals surface area contributed by atoms with E-state index in [1.807, 2.05) is 18.4 Å². The summed E-state index contributed by atoms with van der Waals surface area (Å²) in [7, 11) is 0. The summed E-state index contributed by atoms with van der Waals surface area (Å²) in [4.78, 5) is 22.9. The number of nitrogens with zero attached hydrogens (tertiary/aromatic N) is 2. The van der Waals surface area contributed by atoms with Gasteiger partial charge >= 0.3 is 6.03 Å². The minimum Gasteiger partial charge on any atom is -0.275 e. The molecule has 2 rings (SSSR count). The molecule has 0 unspecified atom stereocenters. The van der Waals surface area contributed by atoms with Crippen molar-refractivity contribution in [3.8, 4) is 0 Å². The van der Waals surface area contributed by atoms with Gasteiger partial charge < -0.3 is 0 Å². The van der Waals surface area contributed by atoms with E-state index in [2.05, 4.69) is 10.4 Å². The molecule has 3 amide bonds. The monoisotopic (exact) mass is 223 g/mol. The van der Waals surface area contributed by atoms with Crippen molar-refractivity contribution in [2.45, 2.75) is 6.92 Å². The molecule has 1 aromatic rings. The number of nitrogens with one attached hydrogen (secondary N) is 1. The molecule has 0 spiro atoms. The lowest BCUT2D eigenvalue weighted by molar-refractivity contribution is -0.118. The van der Waals surface area contributed by atoms with Crippen LogP contribution in [0, 0.1) is 6.92 Å². The highest BCUT2D eigenvalue weighted by Crippen LogP contribution is 2.13. The minimum absolute atomic E-state index is 0.000242. The number of imide groups is 1. The maximum Gasteiger partial charge on any atom is 0.344 e. The molecule has 0 bridgehead atoms. The van der Waals surface area contributed by atoms with Gasteiger partial charge in [0.1, 0.15) is 6.54 Å². The molecule has 1 fully saturated rings. The lowest BCUT2D eigenvalue weighted by atomic mass is 10.3. The second-order valence-electron chi connectivity index (χ2n) is 3.12. The molecule has 1 N–H and O–H groups in total. The Balaban J connectivity index is 2.09. The lowest BCUT2D eigenvalue weighted by Gasteiger charge is -2.03.